The number of ether oxygens (including phenoxy) is 1. The summed E-state index contributed by atoms with van der Waals surface area (Å²) < 4.78 is 5.12. The van der Waals surface area contributed by atoms with Gasteiger partial charge in [-0.15, -0.1) is 0 Å². The molecular weight excluding hydrogens is 266 g/mol. The summed E-state index contributed by atoms with van der Waals surface area (Å²) in [5, 5.41) is 15.0. The molecule has 0 bridgehead atoms. The predicted octanol–water partition coefficient (Wildman–Crippen LogP) is 1.82. The van der Waals surface area contributed by atoms with E-state index < -0.39 is 0 Å². The molecule has 0 aliphatic heterocycles. The fraction of sp³-hybridized carbons (Fsp3) is 0.500. The standard InChI is InChI=1S/C16H23N3O2/c1-11(2)7-14(16(20)18-3)19-10-12-5-6-15(21-4)13(8-12)9-17/h5-6,8,11,14,19H,7,10H2,1-4H3,(H,18,20). The molecule has 1 aromatic rings. The highest BCUT2D eigenvalue weighted by Crippen LogP contribution is 2.19. The van der Waals surface area contributed by atoms with Crippen molar-refractivity contribution in [2.24, 2.45) is 5.92 Å². The molecule has 0 aliphatic carbocycles. The quantitative estimate of drug-likeness (QED) is 0.803. The Labute approximate surface area is 126 Å². The van der Waals surface area contributed by atoms with Crippen molar-refractivity contribution in [3.8, 4) is 11.8 Å². The maximum atomic E-state index is 11.8. The second-order valence-corrected chi connectivity index (χ2v) is 5.32. The van der Waals surface area contributed by atoms with Gasteiger partial charge in [0.05, 0.1) is 18.7 Å². The van der Waals surface area contributed by atoms with E-state index in [9.17, 15) is 4.79 Å². The van der Waals surface area contributed by atoms with Gasteiger partial charge in [0.15, 0.2) is 0 Å². The van der Waals surface area contributed by atoms with Gasteiger partial charge in [0.25, 0.3) is 0 Å². The summed E-state index contributed by atoms with van der Waals surface area (Å²) in [7, 11) is 3.18. The van der Waals surface area contributed by atoms with Crippen LogP contribution in [0.4, 0.5) is 0 Å². The molecule has 1 unspecified atom stereocenters. The summed E-state index contributed by atoms with van der Waals surface area (Å²) in [5.41, 5.74) is 1.45. The molecule has 5 nitrogen and oxygen atoms in total. The first-order chi connectivity index (χ1) is 10.0. The first-order valence-corrected chi connectivity index (χ1v) is 7.03. The van der Waals surface area contributed by atoms with Gasteiger partial charge in [-0.2, -0.15) is 5.26 Å². The Balaban J connectivity index is 2.76. The van der Waals surface area contributed by atoms with E-state index >= 15 is 0 Å². The molecule has 0 spiro atoms. The van der Waals surface area contributed by atoms with Crippen molar-refractivity contribution >= 4 is 5.91 Å². The van der Waals surface area contributed by atoms with Crippen molar-refractivity contribution in [2.45, 2.75) is 32.9 Å². The number of nitriles is 1. The Morgan fingerprint density at radius 2 is 2.14 bits per heavy atom. The van der Waals surface area contributed by atoms with Crippen molar-refractivity contribution in [3.63, 3.8) is 0 Å². The van der Waals surface area contributed by atoms with Crippen LogP contribution in [0.25, 0.3) is 0 Å². The molecule has 2 N–H and O–H groups in total. The fourth-order valence-corrected chi connectivity index (χ4v) is 2.12. The number of methoxy groups -OCH3 is 1. The van der Waals surface area contributed by atoms with E-state index in [-0.39, 0.29) is 11.9 Å². The fourth-order valence-electron chi connectivity index (χ4n) is 2.12. The Hall–Kier alpha value is -2.06. The molecule has 1 aromatic carbocycles. The van der Waals surface area contributed by atoms with Crippen molar-refractivity contribution in [1.29, 1.82) is 5.26 Å². The van der Waals surface area contributed by atoms with Crippen LogP contribution in [0.3, 0.4) is 0 Å². The summed E-state index contributed by atoms with van der Waals surface area (Å²) in [5.74, 6) is 0.967. The van der Waals surface area contributed by atoms with Gasteiger partial charge >= 0.3 is 0 Å². The van der Waals surface area contributed by atoms with Crippen molar-refractivity contribution < 1.29 is 9.53 Å². The van der Waals surface area contributed by atoms with Crippen LogP contribution < -0.4 is 15.4 Å². The topological polar surface area (TPSA) is 74.2 Å². The zero-order valence-electron chi connectivity index (χ0n) is 13.1. The van der Waals surface area contributed by atoms with Gasteiger partial charge in [0, 0.05) is 13.6 Å². The number of likely N-dealkylation sites (N-methyl/N-ethyl adjacent to an activating group) is 1. The maximum Gasteiger partial charge on any atom is 0.236 e. The zero-order chi connectivity index (χ0) is 15.8. The average Bonchev–Trinajstić information content (AvgIpc) is 2.49. The smallest absolute Gasteiger partial charge is 0.236 e. The first kappa shape index (κ1) is 17.0. The van der Waals surface area contributed by atoms with E-state index in [4.69, 9.17) is 10.00 Å². The van der Waals surface area contributed by atoms with Gasteiger partial charge in [0.2, 0.25) is 5.91 Å². The lowest BCUT2D eigenvalue weighted by Crippen LogP contribution is -2.43. The van der Waals surface area contributed by atoms with Crippen LogP contribution in [-0.2, 0) is 11.3 Å². The third-order valence-corrected chi connectivity index (χ3v) is 3.21. The summed E-state index contributed by atoms with van der Waals surface area (Å²) in [4.78, 5) is 11.8. The van der Waals surface area contributed by atoms with E-state index in [1.54, 1.807) is 26.3 Å². The molecule has 1 amide bonds. The van der Waals surface area contributed by atoms with Crippen LogP contribution in [0.1, 0.15) is 31.4 Å². The number of benzene rings is 1. The summed E-state index contributed by atoms with van der Waals surface area (Å²) in [6.07, 6.45) is 0.765. The molecule has 1 rings (SSSR count). The Morgan fingerprint density at radius 3 is 2.67 bits per heavy atom. The number of carbonyl (C=O) groups excluding carboxylic acids is 1. The molecule has 0 radical (unpaired) electrons. The Morgan fingerprint density at radius 1 is 1.43 bits per heavy atom. The molecule has 0 fully saturated rings. The van der Waals surface area contributed by atoms with Gasteiger partial charge in [-0.25, -0.2) is 0 Å². The average molecular weight is 289 g/mol. The molecular formula is C16H23N3O2. The first-order valence-electron chi connectivity index (χ1n) is 7.03. The van der Waals surface area contributed by atoms with Crippen LogP contribution in [0, 0.1) is 17.2 Å². The third-order valence-electron chi connectivity index (χ3n) is 3.21. The Bertz CT molecular complexity index is 521. The highest BCUT2D eigenvalue weighted by molar-refractivity contribution is 5.81. The van der Waals surface area contributed by atoms with E-state index in [0.29, 0.717) is 23.8 Å². The number of nitrogens with zero attached hydrogens (tertiary/aromatic N) is 1. The van der Waals surface area contributed by atoms with Gasteiger partial charge in [-0.3, -0.25) is 4.79 Å². The van der Waals surface area contributed by atoms with E-state index in [1.165, 1.54) is 0 Å². The van der Waals surface area contributed by atoms with Gasteiger partial charge in [-0.1, -0.05) is 19.9 Å². The zero-order valence-corrected chi connectivity index (χ0v) is 13.1. The van der Waals surface area contributed by atoms with Crippen LogP contribution in [0.5, 0.6) is 5.75 Å². The second-order valence-electron chi connectivity index (χ2n) is 5.32. The molecule has 1 atom stereocenters. The lowest BCUT2D eigenvalue weighted by molar-refractivity contribution is -0.123. The molecule has 0 saturated heterocycles. The lowest BCUT2D eigenvalue weighted by Gasteiger charge is -2.19. The summed E-state index contributed by atoms with van der Waals surface area (Å²) in [6, 6.07) is 7.32. The van der Waals surface area contributed by atoms with Crippen molar-refractivity contribution in [2.75, 3.05) is 14.2 Å². The number of hydrogen-bond acceptors (Lipinski definition) is 4. The second kappa shape index (κ2) is 8.28. The highest BCUT2D eigenvalue weighted by Gasteiger charge is 2.18. The minimum absolute atomic E-state index is 0.0160. The number of hydrogen-bond donors (Lipinski definition) is 2. The summed E-state index contributed by atoms with van der Waals surface area (Å²) >= 11 is 0. The van der Waals surface area contributed by atoms with Crippen LogP contribution >= 0.6 is 0 Å². The molecule has 0 aromatic heterocycles. The van der Waals surface area contributed by atoms with Crippen molar-refractivity contribution in [1.82, 2.24) is 10.6 Å². The number of carbonyl (C=O) groups is 1. The predicted molar refractivity (Wildman–Crippen MR) is 81.9 cm³/mol. The minimum atomic E-state index is -0.234. The van der Waals surface area contributed by atoms with Gasteiger partial charge < -0.3 is 15.4 Å². The van der Waals surface area contributed by atoms with E-state index in [1.807, 2.05) is 6.07 Å². The maximum absolute atomic E-state index is 11.8. The number of amides is 1. The van der Waals surface area contributed by atoms with Gasteiger partial charge in [0.1, 0.15) is 11.8 Å². The molecule has 5 heteroatoms. The normalized spacial score (nSPS) is 11.8. The highest BCUT2D eigenvalue weighted by atomic mass is 16.5. The minimum Gasteiger partial charge on any atom is -0.495 e. The van der Waals surface area contributed by atoms with Crippen LogP contribution in [0.15, 0.2) is 18.2 Å². The van der Waals surface area contributed by atoms with E-state index in [0.717, 1.165) is 12.0 Å². The molecule has 0 heterocycles. The lowest BCUT2D eigenvalue weighted by atomic mass is 10.0. The number of rotatable bonds is 7. The monoisotopic (exact) mass is 289 g/mol. The SMILES string of the molecule is CNC(=O)C(CC(C)C)NCc1ccc(OC)c(C#N)c1. The number of nitrogens with one attached hydrogen (secondary N) is 2. The largest absolute Gasteiger partial charge is 0.495 e. The van der Waals surface area contributed by atoms with Crippen molar-refractivity contribution in [3.05, 3.63) is 29.3 Å². The van der Waals surface area contributed by atoms with Crippen LogP contribution in [0.2, 0.25) is 0 Å². The summed E-state index contributed by atoms with van der Waals surface area (Å²) in [6.45, 7) is 4.70. The van der Waals surface area contributed by atoms with Crippen LogP contribution in [-0.4, -0.2) is 26.1 Å². The Kier molecular flexibility index (Phi) is 6.70. The molecule has 0 aliphatic rings. The molecule has 114 valence electrons. The molecule has 0 saturated carbocycles. The van der Waals surface area contributed by atoms with E-state index in [2.05, 4.69) is 30.6 Å². The van der Waals surface area contributed by atoms with Gasteiger partial charge in [-0.05, 0) is 30.0 Å². The third kappa shape index (κ3) is 5.09. The molecule has 21 heavy (non-hydrogen) atoms.